The lowest BCUT2D eigenvalue weighted by Gasteiger charge is -2.21. The van der Waals surface area contributed by atoms with Crippen LogP contribution in [0.5, 0.6) is 0 Å². The molecule has 1 aliphatic heterocycles. The molecule has 1 N–H and O–H groups in total. The predicted molar refractivity (Wildman–Crippen MR) is 107 cm³/mol. The van der Waals surface area contributed by atoms with Gasteiger partial charge in [0.15, 0.2) is 6.17 Å². The van der Waals surface area contributed by atoms with Crippen molar-refractivity contribution in [3.8, 4) is 0 Å². The number of aliphatic imine (C=N–C) groups is 1. The van der Waals surface area contributed by atoms with E-state index < -0.39 is 6.17 Å². The number of thioether (sulfide) groups is 1. The van der Waals surface area contributed by atoms with Crippen molar-refractivity contribution < 1.29 is 9.13 Å². The Morgan fingerprint density at radius 2 is 2.00 bits per heavy atom. The zero-order valence-electron chi connectivity index (χ0n) is 15.5. The van der Waals surface area contributed by atoms with E-state index in [1.165, 1.54) is 12.5 Å². The van der Waals surface area contributed by atoms with Crippen molar-refractivity contribution in [1.82, 2.24) is 9.97 Å². The zero-order valence-corrected chi connectivity index (χ0v) is 16.3. The van der Waals surface area contributed by atoms with Gasteiger partial charge in [-0.2, -0.15) is 11.8 Å². The second kappa shape index (κ2) is 8.69. The van der Waals surface area contributed by atoms with Gasteiger partial charge in [-0.05, 0) is 37.8 Å². The van der Waals surface area contributed by atoms with Crippen molar-refractivity contribution >= 4 is 29.6 Å². The average Bonchev–Trinajstić information content (AvgIpc) is 2.69. The number of nitrogens with one attached hydrogen (secondary N) is 1. The van der Waals surface area contributed by atoms with Crippen LogP contribution in [0.4, 0.5) is 4.39 Å². The molecule has 1 saturated heterocycles. The Balaban J connectivity index is 1.56. The fourth-order valence-corrected chi connectivity index (χ4v) is 4.96. The average molecular weight is 392 g/mol. The normalized spacial score (nSPS) is 25.7. The fraction of sp³-hybridized carbons (Fsp3) is 0.650. The van der Waals surface area contributed by atoms with Gasteiger partial charge in [0, 0.05) is 18.5 Å². The number of aromatic amines is 1. The molecule has 2 aliphatic carbocycles. The molecule has 7 heteroatoms. The maximum Gasteiger partial charge on any atom is 0.258 e. The molecule has 146 valence electrons. The van der Waals surface area contributed by atoms with Gasteiger partial charge in [-0.25, -0.2) is 9.37 Å². The second-order valence-electron chi connectivity index (χ2n) is 7.49. The molecular formula is C20H26FN3O2S. The first-order valence-corrected chi connectivity index (χ1v) is 11.0. The number of hydrogen-bond acceptors (Lipinski definition) is 5. The van der Waals surface area contributed by atoms with Crippen LogP contribution in [-0.2, 0) is 10.5 Å². The summed E-state index contributed by atoms with van der Waals surface area (Å²) < 4.78 is 19.9. The van der Waals surface area contributed by atoms with Gasteiger partial charge in [0.1, 0.15) is 5.82 Å². The quantitative estimate of drug-likeness (QED) is 0.851. The highest BCUT2D eigenvalue weighted by molar-refractivity contribution is 7.99. The molecule has 5 nitrogen and oxygen atoms in total. The van der Waals surface area contributed by atoms with E-state index in [0.29, 0.717) is 33.1 Å². The van der Waals surface area contributed by atoms with Gasteiger partial charge in [-0.3, -0.25) is 9.79 Å². The molecule has 0 radical (unpaired) electrons. The van der Waals surface area contributed by atoms with Crippen molar-refractivity contribution in [2.75, 3.05) is 13.2 Å². The first kappa shape index (κ1) is 18.9. The molecule has 0 bridgehead atoms. The molecular weight excluding hydrogens is 365 g/mol. The maximum absolute atomic E-state index is 14.5. The molecule has 2 heterocycles. The summed E-state index contributed by atoms with van der Waals surface area (Å²) in [5.74, 6) is 1.30. The molecule has 1 aromatic heterocycles. The molecule has 1 unspecified atom stereocenters. The minimum absolute atomic E-state index is 0.198. The van der Waals surface area contributed by atoms with Crippen molar-refractivity contribution in [3.05, 3.63) is 26.7 Å². The predicted octanol–water partition coefficient (Wildman–Crippen LogP) is 1.87. The molecule has 0 amide bonds. The monoisotopic (exact) mass is 391 g/mol. The lowest BCUT2D eigenvalue weighted by Crippen LogP contribution is -2.48. The number of hydrogen-bond donors (Lipinski definition) is 1. The van der Waals surface area contributed by atoms with E-state index in [4.69, 9.17) is 4.74 Å². The molecule has 0 spiro atoms. The van der Waals surface area contributed by atoms with E-state index in [1.54, 1.807) is 17.8 Å². The van der Waals surface area contributed by atoms with Gasteiger partial charge < -0.3 is 9.72 Å². The maximum atomic E-state index is 14.5. The molecule has 1 saturated carbocycles. The largest absolute Gasteiger partial charge is 0.381 e. The summed E-state index contributed by atoms with van der Waals surface area (Å²) in [5, 5.41) is 1.41. The van der Waals surface area contributed by atoms with Crippen LogP contribution < -0.4 is 16.1 Å². The minimum atomic E-state index is -1.33. The number of rotatable bonds is 4. The molecule has 1 atom stereocenters. The summed E-state index contributed by atoms with van der Waals surface area (Å²) >= 11 is 1.80. The Kier molecular flexibility index (Phi) is 6.08. The molecule has 3 aliphatic rings. The van der Waals surface area contributed by atoms with Crippen molar-refractivity contribution in [2.45, 2.75) is 68.2 Å². The third-order valence-electron chi connectivity index (χ3n) is 5.44. The summed E-state index contributed by atoms with van der Waals surface area (Å²) in [4.78, 5) is 24.4. The highest BCUT2D eigenvalue weighted by atomic mass is 32.2. The SMILES string of the molecule is O=c1[nH]c(CSC2CCOCC2)nc2c1=CC(F)C(=NC1CCCCC1)C=2. The van der Waals surface area contributed by atoms with Crippen molar-refractivity contribution in [3.63, 3.8) is 0 Å². The Bertz CT molecular complexity index is 870. The van der Waals surface area contributed by atoms with Gasteiger partial charge >= 0.3 is 0 Å². The van der Waals surface area contributed by atoms with Gasteiger partial charge in [0.25, 0.3) is 5.56 Å². The van der Waals surface area contributed by atoms with Crippen LogP contribution in [0.15, 0.2) is 9.79 Å². The molecule has 0 aromatic carbocycles. The van der Waals surface area contributed by atoms with E-state index in [-0.39, 0.29) is 11.6 Å². The van der Waals surface area contributed by atoms with Crippen molar-refractivity contribution in [2.24, 2.45) is 4.99 Å². The van der Waals surface area contributed by atoms with Crippen LogP contribution in [0, 0.1) is 0 Å². The van der Waals surface area contributed by atoms with Crippen LogP contribution in [0.3, 0.4) is 0 Å². The van der Waals surface area contributed by atoms with Crippen LogP contribution in [0.25, 0.3) is 12.2 Å². The van der Waals surface area contributed by atoms with E-state index in [2.05, 4.69) is 15.0 Å². The van der Waals surface area contributed by atoms with Gasteiger partial charge in [-0.1, -0.05) is 19.3 Å². The summed E-state index contributed by atoms with van der Waals surface area (Å²) in [6, 6.07) is 0.198. The fourth-order valence-electron chi connectivity index (χ4n) is 3.91. The summed E-state index contributed by atoms with van der Waals surface area (Å²) in [7, 11) is 0. The van der Waals surface area contributed by atoms with Gasteiger partial charge in [0.05, 0.1) is 28.1 Å². The van der Waals surface area contributed by atoms with Crippen LogP contribution in [-0.4, -0.2) is 46.4 Å². The number of halogens is 1. The lowest BCUT2D eigenvalue weighted by atomic mass is 9.95. The Labute approximate surface area is 162 Å². The van der Waals surface area contributed by atoms with E-state index in [1.807, 2.05) is 0 Å². The number of alkyl halides is 1. The number of nitrogens with zero attached hydrogens (tertiary/aromatic N) is 2. The van der Waals surface area contributed by atoms with Crippen LogP contribution >= 0.6 is 11.8 Å². The summed E-state index contributed by atoms with van der Waals surface area (Å²) in [6.45, 7) is 1.60. The Hall–Kier alpha value is -1.47. The molecule has 2 fully saturated rings. The lowest BCUT2D eigenvalue weighted by molar-refractivity contribution is 0.1000. The topological polar surface area (TPSA) is 67.3 Å². The first-order chi connectivity index (χ1) is 13.2. The summed E-state index contributed by atoms with van der Waals surface area (Å²) in [5.41, 5.74) is 0.147. The Morgan fingerprint density at radius 1 is 1.22 bits per heavy atom. The zero-order chi connectivity index (χ0) is 18.6. The number of aromatic nitrogens is 2. The minimum Gasteiger partial charge on any atom is -0.381 e. The van der Waals surface area contributed by atoms with E-state index in [9.17, 15) is 9.18 Å². The summed E-state index contributed by atoms with van der Waals surface area (Å²) in [6.07, 6.45) is 9.36. The van der Waals surface area contributed by atoms with Crippen LogP contribution in [0.1, 0.15) is 50.8 Å². The standard InChI is InChI=1S/C20H26FN3O2S/c21-16-10-15-17(11-18(16)22-13-4-2-1-3-5-13)23-19(24-20(15)25)12-27-14-6-8-26-9-7-14/h10-11,13-14,16H,1-9,12H2,(H,23,24,25). The highest BCUT2D eigenvalue weighted by Gasteiger charge is 2.20. The van der Waals surface area contributed by atoms with E-state index in [0.717, 1.165) is 51.7 Å². The third kappa shape index (κ3) is 4.69. The Morgan fingerprint density at radius 3 is 2.78 bits per heavy atom. The smallest absolute Gasteiger partial charge is 0.258 e. The molecule has 1 aromatic rings. The molecule has 27 heavy (non-hydrogen) atoms. The number of fused-ring (bicyclic) bond motifs is 1. The molecule has 4 rings (SSSR count). The second-order valence-corrected chi connectivity index (χ2v) is 8.78. The van der Waals surface area contributed by atoms with Crippen LogP contribution in [0.2, 0.25) is 0 Å². The third-order valence-corrected chi connectivity index (χ3v) is 6.83. The number of H-pyrrole nitrogens is 1. The van der Waals surface area contributed by atoms with Gasteiger partial charge in [-0.15, -0.1) is 0 Å². The highest BCUT2D eigenvalue weighted by Crippen LogP contribution is 2.24. The van der Waals surface area contributed by atoms with E-state index >= 15 is 0 Å². The van der Waals surface area contributed by atoms with Crippen molar-refractivity contribution in [1.29, 1.82) is 0 Å². The van der Waals surface area contributed by atoms with Gasteiger partial charge in [0.2, 0.25) is 0 Å². The first-order valence-electron chi connectivity index (χ1n) is 9.93. The number of ether oxygens (including phenoxy) is 1.